The van der Waals surface area contributed by atoms with E-state index in [9.17, 15) is 13.2 Å². The van der Waals surface area contributed by atoms with E-state index in [1.54, 1.807) is 39.4 Å². The lowest BCUT2D eigenvalue weighted by molar-refractivity contribution is -0.123. The summed E-state index contributed by atoms with van der Waals surface area (Å²) in [5.74, 6) is -0.586. The van der Waals surface area contributed by atoms with E-state index in [2.05, 4.69) is 10.1 Å². The van der Waals surface area contributed by atoms with Crippen LogP contribution in [0.5, 0.6) is 0 Å². The minimum absolute atomic E-state index is 0.131. The molecular formula is C22H22ClN5O3S3. The highest BCUT2D eigenvalue weighted by molar-refractivity contribution is 7.91. The highest BCUT2D eigenvalue weighted by Gasteiger charge is 2.36. The predicted octanol–water partition coefficient (Wildman–Crippen LogP) is 4.34. The lowest BCUT2D eigenvalue weighted by Crippen LogP contribution is -2.47. The molecule has 8 nitrogen and oxygen atoms in total. The van der Waals surface area contributed by atoms with Gasteiger partial charge in [-0.2, -0.15) is 9.40 Å². The molecule has 0 radical (unpaired) electrons. The van der Waals surface area contributed by atoms with Crippen molar-refractivity contribution in [3.8, 4) is 0 Å². The number of halogens is 1. The fraction of sp³-hybridized carbons (Fsp3) is 0.318. The minimum Gasteiger partial charge on any atom is -0.286 e. The summed E-state index contributed by atoms with van der Waals surface area (Å²) in [6.45, 7) is 1.43. The largest absolute Gasteiger partial charge is 0.286 e. The minimum atomic E-state index is -3.61. The third kappa shape index (κ3) is 4.63. The molecule has 1 saturated heterocycles. The van der Waals surface area contributed by atoms with Crippen LogP contribution in [0.3, 0.4) is 0 Å². The van der Waals surface area contributed by atoms with Gasteiger partial charge in [-0.15, -0.1) is 11.3 Å². The number of para-hydroxylation sites is 1. The van der Waals surface area contributed by atoms with Crippen LogP contribution in [0.15, 0.2) is 58.4 Å². The number of thiazole rings is 1. The van der Waals surface area contributed by atoms with Crippen molar-refractivity contribution in [2.75, 3.05) is 24.5 Å². The number of hydrogen-bond donors (Lipinski definition) is 0. The second-order valence-electron chi connectivity index (χ2n) is 7.98. The van der Waals surface area contributed by atoms with E-state index in [1.807, 2.05) is 24.4 Å². The summed E-state index contributed by atoms with van der Waals surface area (Å²) in [6.07, 6.45) is 4.78. The Balaban J connectivity index is 1.42. The van der Waals surface area contributed by atoms with Gasteiger partial charge in [0.1, 0.15) is 9.73 Å². The Morgan fingerprint density at radius 3 is 2.85 bits per heavy atom. The zero-order chi connectivity index (χ0) is 23.7. The molecule has 178 valence electrons. The maximum atomic E-state index is 13.8. The van der Waals surface area contributed by atoms with Gasteiger partial charge in [-0.25, -0.2) is 13.4 Å². The first-order valence-electron chi connectivity index (χ1n) is 10.8. The quantitative estimate of drug-likeness (QED) is 0.351. The Kier molecular flexibility index (Phi) is 6.72. The first-order chi connectivity index (χ1) is 16.4. The van der Waals surface area contributed by atoms with Crippen LogP contribution >= 0.6 is 34.3 Å². The van der Waals surface area contributed by atoms with E-state index in [4.69, 9.17) is 11.6 Å². The van der Waals surface area contributed by atoms with Crippen LogP contribution in [0.4, 0.5) is 5.13 Å². The van der Waals surface area contributed by atoms with Crippen LogP contribution in [0.25, 0.3) is 10.2 Å². The zero-order valence-corrected chi connectivity index (χ0v) is 21.3. The number of anilines is 1. The molecule has 0 saturated carbocycles. The van der Waals surface area contributed by atoms with Gasteiger partial charge in [0.15, 0.2) is 5.13 Å². The molecule has 3 aromatic heterocycles. The number of amides is 1. The van der Waals surface area contributed by atoms with E-state index < -0.39 is 15.9 Å². The summed E-state index contributed by atoms with van der Waals surface area (Å²) in [6, 6.07) is 10.7. The van der Waals surface area contributed by atoms with E-state index in [0.717, 1.165) is 4.70 Å². The Morgan fingerprint density at radius 2 is 2.12 bits per heavy atom. The predicted molar refractivity (Wildman–Crippen MR) is 135 cm³/mol. The number of carbonyl (C=O) groups excluding carboxylic acids is 1. The maximum absolute atomic E-state index is 13.8. The third-order valence-electron chi connectivity index (χ3n) is 5.79. The standard InChI is InChI=1S/C22H22ClN5O3S3/c23-17-6-1-7-18-20(17)25-22(33-18)28(13-12-26-10-4-9-24-26)21(29)16-5-2-11-27(15-16)34(30,31)19-8-3-14-32-19/h1,3-4,6-10,14,16H,2,5,11-13,15H2. The Bertz CT molecular complexity index is 1390. The third-order valence-corrected chi connectivity index (χ3v) is 10.4. The number of carbonyl (C=O) groups is 1. The van der Waals surface area contributed by atoms with Gasteiger partial charge in [0.2, 0.25) is 5.91 Å². The van der Waals surface area contributed by atoms with Gasteiger partial charge < -0.3 is 0 Å². The van der Waals surface area contributed by atoms with Crippen LogP contribution < -0.4 is 4.90 Å². The van der Waals surface area contributed by atoms with Crippen LogP contribution in [0.1, 0.15) is 12.8 Å². The monoisotopic (exact) mass is 535 g/mol. The molecule has 4 heterocycles. The van der Waals surface area contributed by atoms with E-state index in [-0.39, 0.29) is 12.5 Å². The second kappa shape index (κ2) is 9.74. The van der Waals surface area contributed by atoms with E-state index >= 15 is 0 Å². The highest BCUT2D eigenvalue weighted by atomic mass is 35.5. The smallest absolute Gasteiger partial charge is 0.252 e. The number of hydrogen-bond acceptors (Lipinski definition) is 7. The molecule has 4 aromatic rings. The molecule has 1 unspecified atom stereocenters. The summed E-state index contributed by atoms with van der Waals surface area (Å²) < 4.78 is 30.5. The molecule has 0 N–H and O–H groups in total. The molecule has 34 heavy (non-hydrogen) atoms. The Morgan fingerprint density at radius 1 is 1.24 bits per heavy atom. The average molecular weight is 536 g/mol. The maximum Gasteiger partial charge on any atom is 0.252 e. The van der Waals surface area contributed by atoms with Gasteiger partial charge in [-0.05, 0) is 42.5 Å². The van der Waals surface area contributed by atoms with E-state index in [1.165, 1.54) is 27.0 Å². The van der Waals surface area contributed by atoms with Gasteiger partial charge in [-0.3, -0.25) is 14.4 Å². The molecular weight excluding hydrogens is 514 g/mol. The molecule has 0 bridgehead atoms. The van der Waals surface area contributed by atoms with Crippen molar-refractivity contribution >= 4 is 65.6 Å². The van der Waals surface area contributed by atoms with Crippen molar-refractivity contribution in [2.45, 2.75) is 23.6 Å². The Labute approximate surface area is 210 Å². The van der Waals surface area contributed by atoms with Gasteiger partial charge in [0.25, 0.3) is 10.0 Å². The average Bonchev–Trinajstić information content (AvgIpc) is 3.61. The van der Waals surface area contributed by atoms with Crippen molar-refractivity contribution in [2.24, 2.45) is 5.92 Å². The summed E-state index contributed by atoms with van der Waals surface area (Å²) in [4.78, 5) is 20.1. The number of benzene rings is 1. The van der Waals surface area contributed by atoms with Gasteiger partial charge in [0, 0.05) is 32.0 Å². The lowest BCUT2D eigenvalue weighted by Gasteiger charge is -2.33. The van der Waals surface area contributed by atoms with Gasteiger partial charge in [0.05, 0.1) is 22.2 Å². The van der Waals surface area contributed by atoms with Crippen molar-refractivity contribution in [1.82, 2.24) is 19.1 Å². The molecule has 1 fully saturated rings. The normalized spacial score (nSPS) is 17.3. The number of sulfonamides is 1. The molecule has 0 spiro atoms. The Hall–Kier alpha value is -2.31. The first kappa shape index (κ1) is 23.4. The highest BCUT2D eigenvalue weighted by Crippen LogP contribution is 2.34. The van der Waals surface area contributed by atoms with Crippen LogP contribution in [0.2, 0.25) is 5.02 Å². The number of nitrogens with zero attached hydrogens (tertiary/aromatic N) is 5. The topological polar surface area (TPSA) is 88.4 Å². The molecule has 5 rings (SSSR count). The number of piperidine rings is 1. The van der Waals surface area contributed by atoms with Crippen molar-refractivity contribution < 1.29 is 13.2 Å². The zero-order valence-electron chi connectivity index (χ0n) is 18.1. The van der Waals surface area contributed by atoms with Crippen molar-refractivity contribution in [3.63, 3.8) is 0 Å². The molecule has 1 atom stereocenters. The molecule has 1 amide bonds. The molecule has 1 aromatic carbocycles. The van der Waals surface area contributed by atoms with Crippen LogP contribution in [-0.2, 0) is 21.4 Å². The summed E-state index contributed by atoms with van der Waals surface area (Å²) >= 11 is 8.93. The lowest BCUT2D eigenvalue weighted by atomic mass is 9.98. The van der Waals surface area contributed by atoms with E-state index in [0.29, 0.717) is 52.4 Å². The van der Waals surface area contributed by atoms with Crippen LogP contribution in [-0.4, -0.2) is 53.0 Å². The second-order valence-corrected chi connectivity index (χ2v) is 12.5. The molecule has 1 aliphatic heterocycles. The first-order valence-corrected chi connectivity index (χ1v) is 14.3. The van der Waals surface area contributed by atoms with Crippen molar-refractivity contribution in [1.29, 1.82) is 0 Å². The molecule has 1 aliphatic rings. The molecule has 12 heteroatoms. The fourth-order valence-corrected chi connectivity index (χ4v) is 8.04. The summed E-state index contributed by atoms with van der Waals surface area (Å²) in [5.41, 5.74) is 0.659. The number of rotatable bonds is 7. The fourth-order valence-electron chi connectivity index (χ4n) is 4.07. The summed E-state index contributed by atoms with van der Waals surface area (Å²) in [5, 5.41) is 7.07. The molecule has 0 aliphatic carbocycles. The number of fused-ring (bicyclic) bond motifs is 1. The SMILES string of the molecule is O=C(C1CCCN(S(=O)(=O)c2cccs2)C1)N(CCn1cccn1)c1nc2c(Cl)cccc2s1. The van der Waals surface area contributed by atoms with Gasteiger partial charge in [-0.1, -0.05) is 35.1 Å². The van der Waals surface area contributed by atoms with Crippen molar-refractivity contribution in [3.05, 3.63) is 59.2 Å². The van der Waals surface area contributed by atoms with Crippen LogP contribution in [0, 0.1) is 5.92 Å². The van der Waals surface area contributed by atoms with Gasteiger partial charge >= 0.3 is 0 Å². The summed E-state index contributed by atoms with van der Waals surface area (Å²) in [7, 11) is -3.61. The number of aromatic nitrogens is 3. The number of thiophene rings is 1.